The van der Waals surface area contributed by atoms with Crippen LogP contribution in [0.15, 0.2) is 36.7 Å². The number of hydrogen-bond acceptors (Lipinski definition) is 2. The Kier molecular flexibility index (Phi) is 3.59. The van der Waals surface area contributed by atoms with Gasteiger partial charge in [-0.3, -0.25) is 9.78 Å². The van der Waals surface area contributed by atoms with Crippen LogP contribution in [0.5, 0.6) is 0 Å². The van der Waals surface area contributed by atoms with Gasteiger partial charge in [0.05, 0.1) is 0 Å². The molecule has 1 unspecified atom stereocenters. The number of aromatic nitrogens is 1. The maximum Gasteiger partial charge on any atom is 0.228 e. The molecule has 1 aromatic heterocycles. The first-order valence-electron chi connectivity index (χ1n) is 5.42. The molecule has 2 rings (SSSR count). The second kappa shape index (κ2) is 5.15. The summed E-state index contributed by atoms with van der Waals surface area (Å²) < 4.78 is 0. The molecule has 1 heterocycles. The molecule has 88 valence electrons. The van der Waals surface area contributed by atoms with E-state index >= 15 is 0 Å². The maximum atomic E-state index is 11.8. The number of alkyl halides is 1. The van der Waals surface area contributed by atoms with Gasteiger partial charge >= 0.3 is 0 Å². The number of anilines is 1. The van der Waals surface area contributed by atoms with Crippen molar-refractivity contribution in [1.29, 1.82) is 0 Å². The van der Waals surface area contributed by atoms with E-state index in [1.165, 1.54) is 0 Å². The van der Waals surface area contributed by atoms with Crippen LogP contribution in [0.2, 0.25) is 0 Å². The fourth-order valence-corrected chi connectivity index (χ4v) is 1.70. The Morgan fingerprint density at radius 1 is 1.47 bits per heavy atom. The normalized spacial score (nSPS) is 12.4. The van der Waals surface area contributed by atoms with Crippen molar-refractivity contribution in [1.82, 2.24) is 4.98 Å². The van der Waals surface area contributed by atoms with Crippen LogP contribution in [0.1, 0.15) is 6.92 Å². The minimum atomic E-state index is -0.200. The van der Waals surface area contributed by atoms with Crippen LogP contribution in [0.4, 0.5) is 5.69 Å². The fraction of sp³-hybridized carbons (Fsp3) is 0.231. The molecule has 0 saturated heterocycles. The Morgan fingerprint density at radius 2 is 2.29 bits per heavy atom. The molecule has 2 aromatic rings. The van der Waals surface area contributed by atoms with E-state index in [4.69, 9.17) is 11.6 Å². The zero-order valence-corrected chi connectivity index (χ0v) is 10.2. The van der Waals surface area contributed by atoms with Gasteiger partial charge in [0.1, 0.15) is 0 Å². The van der Waals surface area contributed by atoms with Gasteiger partial charge in [-0.2, -0.15) is 0 Å². The molecule has 3 nitrogen and oxygen atoms in total. The van der Waals surface area contributed by atoms with Crippen LogP contribution in [0, 0.1) is 5.92 Å². The van der Waals surface area contributed by atoms with Crippen molar-refractivity contribution in [2.45, 2.75) is 6.92 Å². The van der Waals surface area contributed by atoms with Gasteiger partial charge in [-0.1, -0.05) is 19.1 Å². The van der Waals surface area contributed by atoms with E-state index in [0.29, 0.717) is 5.88 Å². The van der Waals surface area contributed by atoms with E-state index in [9.17, 15) is 4.79 Å². The number of hydrogen-bond donors (Lipinski definition) is 1. The Labute approximate surface area is 105 Å². The molecular formula is C13H13ClN2O. The third-order valence-electron chi connectivity index (χ3n) is 2.62. The second-order valence-corrected chi connectivity index (χ2v) is 4.26. The highest BCUT2D eigenvalue weighted by Gasteiger charge is 2.12. The first kappa shape index (κ1) is 11.9. The Bertz CT molecular complexity index is 536. The molecule has 1 aromatic carbocycles. The lowest BCUT2D eigenvalue weighted by Crippen LogP contribution is -2.21. The lowest BCUT2D eigenvalue weighted by atomic mass is 10.1. The Balaban J connectivity index is 2.33. The SMILES string of the molecule is CC(CCl)C(=O)Nc1cccc2cnccc12. The number of fused-ring (bicyclic) bond motifs is 1. The summed E-state index contributed by atoms with van der Waals surface area (Å²) in [6.07, 6.45) is 3.49. The van der Waals surface area contributed by atoms with Crippen molar-refractivity contribution in [3.63, 3.8) is 0 Å². The highest BCUT2D eigenvalue weighted by molar-refractivity contribution is 6.19. The molecule has 17 heavy (non-hydrogen) atoms. The molecule has 1 amide bonds. The van der Waals surface area contributed by atoms with Gasteiger partial charge < -0.3 is 5.32 Å². The lowest BCUT2D eigenvalue weighted by molar-refractivity contribution is -0.118. The van der Waals surface area contributed by atoms with Crippen molar-refractivity contribution in [3.05, 3.63) is 36.7 Å². The number of halogens is 1. The average Bonchev–Trinajstić information content (AvgIpc) is 2.38. The summed E-state index contributed by atoms with van der Waals surface area (Å²) in [6.45, 7) is 1.80. The van der Waals surface area contributed by atoms with E-state index in [2.05, 4.69) is 10.3 Å². The third-order valence-corrected chi connectivity index (χ3v) is 3.08. The van der Waals surface area contributed by atoms with Gasteiger partial charge in [0.25, 0.3) is 0 Å². The molecule has 0 aliphatic rings. The maximum absolute atomic E-state index is 11.8. The molecule has 0 fully saturated rings. The fourth-order valence-electron chi connectivity index (χ4n) is 1.56. The van der Waals surface area contributed by atoms with Crippen molar-refractivity contribution in [2.75, 3.05) is 11.2 Å². The van der Waals surface area contributed by atoms with Crippen LogP contribution >= 0.6 is 11.6 Å². The summed E-state index contributed by atoms with van der Waals surface area (Å²) in [7, 11) is 0. The predicted molar refractivity (Wildman–Crippen MR) is 70.3 cm³/mol. The Morgan fingerprint density at radius 3 is 3.06 bits per heavy atom. The molecule has 1 atom stereocenters. The zero-order chi connectivity index (χ0) is 12.3. The van der Waals surface area contributed by atoms with E-state index in [1.807, 2.05) is 24.3 Å². The number of nitrogens with zero attached hydrogens (tertiary/aromatic N) is 1. The highest BCUT2D eigenvalue weighted by Crippen LogP contribution is 2.22. The van der Waals surface area contributed by atoms with Crippen molar-refractivity contribution in [2.24, 2.45) is 5.92 Å². The number of rotatable bonds is 3. The molecular weight excluding hydrogens is 236 g/mol. The summed E-state index contributed by atoms with van der Waals surface area (Å²) in [5.41, 5.74) is 0.798. The van der Waals surface area contributed by atoms with Gasteiger partial charge in [-0.25, -0.2) is 0 Å². The minimum absolute atomic E-state index is 0.0655. The molecule has 4 heteroatoms. The van der Waals surface area contributed by atoms with Gasteiger partial charge in [0.2, 0.25) is 5.91 Å². The number of carbonyl (C=O) groups is 1. The van der Waals surface area contributed by atoms with Gasteiger partial charge in [0, 0.05) is 40.7 Å². The van der Waals surface area contributed by atoms with Crippen LogP contribution in [-0.2, 0) is 4.79 Å². The van der Waals surface area contributed by atoms with E-state index in [-0.39, 0.29) is 11.8 Å². The summed E-state index contributed by atoms with van der Waals surface area (Å²) in [5, 5.41) is 4.87. The van der Waals surface area contributed by atoms with E-state index in [0.717, 1.165) is 16.5 Å². The topological polar surface area (TPSA) is 42.0 Å². The summed E-state index contributed by atoms with van der Waals surface area (Å²) in [4.78, 5) is 15.8. The first-order valence-corrected chi connectivity index (χ1v) is 5.95. The molecule has 1 N–H and O–H groups in total. The second-order valence-electron chi connectivity index (χ2n) is 3.95. The molecule has 0 aliphatic heterocycles. The van der Waals surface area contributed by atoms with Gasteiger partial charge in [-0.15, -0.1) is 11.6 Å². The van der Waals surface area contributed by atoms with Gasteiger partial charge in [-0.05, 0) is 12.1 Å². The lowest BCUT2D eigenvalue weighted by Gasteiger charge is -2.11. The number of nitrogens with one attached hydrogen (secondary N) is 1. The van der Waals surface area contributed by atoms with Crippen LogP contribution in [0.25, 0.3) is 10.8 Å². The zero-order valence-electron chi connectivity index (χ0n) is 9.48. The van der Waals surface area contributed by atoms with Gasteiger partial charge in [0.15, 0.2) is 0 Å². The highest BCUT2D eigenvalue weighted by atomic mass is 35.5. The number of carbonyl (C=O) groups excluding carboxylic acids is 1. The van der Waals surface area contributed by atoms with Crippen molar-refractivity contribution >= 4 is 34.0 Å². The number of amides is 1. The summed E-state index contributed by atoms with van der Waals surface area (Å²) >= 11 is 5.66. The van der Waals surface area contributed by atoms with E-state index in [1.54, 1.807) is 19.3 Å². The number of benzene rings is 1. The van der Waals surface area contributed by atoms with Crippen LogP contribution in [-0.4, -0.2) is 16.8 Å². The first-order chi connectivity index (χ1) is 8.22. The molecule has 0 radical (unpaired) electrons. The smallest absolute Gasteiger partial charge is 0.228 e. The Hall–Kier alpha value is -1.61. The summed E-state index contributed by atoms with van der Waals surface area (Å²) in [5.74, 6) is 0.0519. The largest absolute Gasteiger partial charge is 0.325 e. The molecule has 0 aliphatic carbocycles. The van der Waals surface area contributed by atoms with Crippen molar-refractivity contribution < 1.29 is 4.79 Å². The molecule has 0 saturated carbocycles. The monoisotopic (exact) mass is 248 g/mol. The standard InChI is InChI=1S/C13H13ClN2O/c1-9(7-14)13(17)16-12-4-2-3-10-8-15-6-5-11(10)12/h2-6,8-9H,7H2,1H3,(H,16,17). The van der Waals surface area contributed by atoms with E-state index < -0.39 is 0 Å². The average molecular weight is 249 g/mol. The molecule has 0 bridgehead atoms. The molecule has 0 spiro atoms. The van der Waals surface area contributed by atoms with Crippen molar-refractivity contribution in [3.8, 4) is 0 Å². The minimum Gasteiger partial charge on any atom is -0.325 e. The quantitative estimate of drug-likeness (QED) is 0.849. The summed E-state index contributed by atoms with van der Waals surface area (Å²) in [6, 6.07) is 7.62. The number of pyridine rings is 1. The van der Waals surface area contributed by atoms with Crippen LogP contribution in [0.3, 0.4) is 0 Å². The van der Waals surface area contributed by atoms with Crippen LogP contribution < -0.4 is 5.32 Å². The predicted octanol–water partition coefficient (Wildman–Crippen LogP) is 3.05. The third kappa shape index (κ3) is 2.56.